The average Bonchev–Trinajstić information content (AvgIpc) is 2.34. The summed E-state index contributed by atoms with van der Waals surface area (Å²) in [5.41, 5.74) is 1.89. The Morgan fingerprint density at radius 1 is 1.22 bits per heavy atom. The lowest BCUT2D eigenvalue weighted by molar-refractivity contribution is 0.169. The third kappa shape index (κ3) is 3.98. The SMILES string of the molecule is CCC(O)c1ccc(N(CC(C)C)C(C)C)cn1. The van der Waals surface area contributed by atoms with E-state index in [0.29, 0.717) is 18.4 Å². The van der Waals surface area contributed by atoms with Crippen LogP contribution in [0.1, 0.15) is 52.8 Å². The van der Waals surface area contributed by atoms with Crippen LogP contribution in [0.4, 0.5) is 5.69 Å². The van der Waals surface area contributed by atoms with Crippen molar-refractivity contribution in [2.45, 2.75) is 53.2 Å². The van der Waals surface area contributed by atoms with E-state index < -0.39 is 6.10 Å². The van der Waals surface area contributed by atoms with E-state index in [1.165, 1.54) is 0 Å². The van der Waals surface area contributed by atoms with Crippen LogP contribution in [0.2, 0.25) is 0 Å². The Balaban J connectivity index is 2.86. The highest BCUT2D eigenvalue weighted by molar-refractivity contribution is 5.45. The Morgan fingerprint density at radius 2 is 1.89 bits per heavy atom. The first-order valence-corrected chi connectivity index (χ1v) is 6.86. The predicted molar refractivity (Wildman–Crippen MR) is 76.8 cm³/mol. The van der Waals surface area contributed by atoms with Gasteiger partial charge in [-0.1, -0.05) is 20.8 Å². The quantitative estimate of drug-likeness (QED) is 0.840. The third-order valence-electron chi connectivity index (χ3n) is 3.02. The van der Waals surface area contributed by atoms with Crippen molar-refractivity contribution in [3.05, 3.63) is 24.0 Å². The second-order valence-electron chi connectivity index (χ2n) is 5.51. The van der Waals surface area contributed by atoms with Gasteiger partial charge in [-0.2, -0.15) is 0 Å². The molecule has 1 aromatic rings. The third-order valence-corrected chi connectivity index (χ3v) is 3.02. The van der Waals surface area contributed by atoms with Gasteiger partial charge in [0, 0.05) is 12.6 Å². The van der Waals surface area contributed by atoms with E-state index in [0.717, 1.165) is 17.9 Å². The van der Waals surface area contributed by atoms with Gasteiger partial charge in [-0.25, -0.2) is 0 Å². The molecule has 0 aliphatic heterocycles. The molecule has 0 amide bonds. The van der Waals surface area contributed by atoms with Crippen LogP contribution >= 0.6 is 0 Å². The molecular weight excluding hydrogens is 224 g/mol. The van der Waals surface area contributed by atoms with Crippen LogP contribution in [0.3, 0.4) is 0 Å². The van der Waals surface area contributed by atoms with Crippen molar-refractivity contribution in [2.75, 3.05) is 11.4 Å². The number of aliphatic hydroxyl groups excluding tert-OH is 1. The van der Waals surface area contributed by atoms with Gasteiger partial charge in [0.1, 0.15) is 0 Å². The molecule has 0 aromatic carbocycles. The molecule has 1 rings (SSSR count). The van der Waals surface area contributed by atoms with Gasteiger partial charge in [-0.05, 0) is 38.3 Å². The number of aliphatic hydroxyl groups is 1. The van der Waals surface area contributed by atoms with E-state index in [-0.39, 0.29) is 0 Å². The fourth-order valence-electron chi connectivity index (χ4n) is 1.98. The van der Waals surface area contributed by atoms with Gasteiger partial charge in [0.25, 0.3) is 0 Å². The maximum Gasteiger partial charge on any atom is 0.0957 e. The highest BCUT2D eigenvalue weighted by Crippen LogP contribution is 2.21. The van der Waals surface area contributed by atoms with E-state index in [1.54, 1.807) is 0 Å². The molecular formula is C15H26N2O. The van der Waals surface area contributed by atoms with Gasteiger partial charge >= 0.3 is 0 Å². The van der Waals surface area contributed by atoms with Gasteiger partial charge in [0.2, 0.25) is 0 Å². The molecule has 3 heteroatoms. The molecule has 0 radical (unpaired) electrons. The van der Waals surface area contributed by atoms with Crippen molar-refractivity contribution < 1.29 is 5.11 Å². The zero-order valence-electron chi connectivity index (χ0n) is 12.2. The van der Waals surface area contributed by atoms with E-state index >= 15 is 0 Å². The van der Waals surface area contributed by atoms with Crippen LogP contribution in [0.15, 0.2) is 18.3 Å². The zero-order chi connectivity index (χ0) is 13.7. The summed E-state index contributed by atoms with van der Waals surface area (Å²) in [4.78, 5) is 6.72. The number of anilines is 1. The minimum Gasteiger partial charge on any atom is -0.387 e. The molecule has 0 spiro atoms. The minimum atomic E-state index is -0.448. The minimum absolute atomic E-state index is 0.448. The molecule has 0 fully saturated rings. The van der Waals surface area contributed by atoms with Crippen molar-refractivity contribution in [1.82, 2.24) is 4.98 Å². The highest BCUT2D eigenvalue weighted by Gasteiger charge is 2.13. The molecule has 0 aliphatic carbocycles. The van der Waals surface area contributed by atoms with Crippen molar-refractivity contribution in [2.24, 2.45) is 5.92 Å². The van der Waals surface area contributed by atoms with Crippen molar-refractivity contribution >= 4 is 5.69 Å². The first-order valence-electron chi connectivity index (χ1n) is 6.86. The molecule has 1 atom stereocenters. The first kappa shape index (κ1) is 15.0. The van der Waals surface area contributed by atoms with Crippen LogP contribution in [0, 0.1) is 5.92 Å². The van der Waals surface area contributed by atoms with Crippen molar-refractivity contribution in [3.8, 4) is 0 Å². The second kappa shape index (κ2) is 6.74. The number of hydrogen-bond donors (Lipinski definition) is 1. The fourth-order valence-corrected chi connectivity index (χ4v) is 1.98. The van der Waals surface area contributed by atoms with Crippen LogP contribution in [-0.4, -0.2) is 22.7 Å². The summed E-state index contributed by atoms with van der Waals surface area (Å²) in [5.74, 6) is 0.619. The van der Waals surface area contributed by atoms with Gasteiger partial charge in [0.15, 0.2) is 0 Å². The summed E-state index contributed by atoms with van der Waals surface area (Å²) >= 11 is 0. The fraction of sp³-hybridized carbons (Fsp3) is 0.667. The Kier molecular flexibility index (Phi) is 5.60. The van der Waals surface area contributed by atoms with Gasteiger partial charge in [0.05, 0.1) is 23.7 Å². The Bertz CT molecular complexity index is 346. The maximum atomic E-state index is 9.74. The van der Waals surface area contributed by atoms with Gasteiger partial charge in [-0.15, -0.1) is 0 Å². The number of nitrogens with zero attached hydrogens (tertiary/aromatic N) is 2. The Hall–Kier alpha value is -1.09. The summed E-state index contributed by atoms with van der Waals surface area (Å²) in [5, 5.41) is 9.74. The molecule has 0 bridgehead atoms. The zero-order valence-corrected chi connectivity index (χ0v) is 12.2. The first-order chi connectivity index (χ1) is 8.45. The van der Waals surface area contributed by atoms with Crippen molar-refractivity contribution in [1.29, 1.82) is 0 Å². The normalized spacial score (nSPS) is 13.1. The molecule has 3 nitrogen and oxygen atoms in total. The van der Waals surface area contributed by atoms with E-state index in [4.69, 9.17) is 0 Å². The summed E-state index contributed by atoms with van der Waals surface area (Å²) in [6.07, 6.45) is 2.12. The number of rotatable bonds is 6. The number of aromatic nitrogens is 1. The summed E-state index contributed by atoms with van der Waals surface area (Å²) < 4.78 is 0. The lowest BCUT2D eigenvalue weighted by atomic mass is 10.1. The lowest BCUT2D eigenvalue weighted by Crippen LogP contribution is -2.34. The second-order valence-corrected chi connectivity index (χ2v) is 5.51. The molecule has 1 unspecified atom stereocenters. The topological polar surface area (TPSA) is 36.4 Å². The maximum absolute atomic E-state index is 9.74. The molecule has 18 heavy (non-hydrogen) atoms. The standard InChI is InChI=1S/C15H26N2O/c1-6-15(18)14-8-7-13(9-16-14)17(12(4)5)10-11(2)3/h7-9,11-12,15,18H,6,10H2,1-5H3. The van der Waals surface area contributed by atoms with Crippen LogP contribution in [0.5, 0.6) is 0 Å². The summed E-state index contributed by atoms with van der Waals surface area (Å²) in [7, 11) is 0. The van der Waals surface area contributed by atoms with Crippen LogP contribution < -0.4 is 4.90 Å². The summed E-state index contributed by atoms with van der Waals surface area (Å²) in [6.45, 7) is 11.8. The largest absolute Gasteiger partial charge is 0.387 e. The monoisotopic (exact) mass is 250 g/mol. The molecule has 102 valence electrons. The highest BCUT2D eigenvalue weighted by atomic mass is 16.3. The molecule has 0 aliphatic rings. The number of pyridine rings is 1. The predicted octanol–water partition coefficient (Wildman–Crippen LogP) is 3.40. The summed E-state index contributed by atoms with van der Waals surface area (Å²) in [6, 6.07) is 4.44. The van der Waals surface area contributed by atoms with Gasteiger partial charge in [-0.3, -0.25) is 4.98 Å². The molecule has 1 aromatic heterocycles. The molecule has 0 saturated carbocycles. The Labute approximate surface area is 111 Å². The van der Waals surface area contributed by atoms with E-state index in [2.05, 4.69) is 43.6 Å². The lowest BCUT2D eigenvalue weighted by Gasteiger charge is -2.30. The molecule has 0 saturated heterocycles. The van der Waals surface area contributed by atoms with E-state index in [9.17, 15) is 5.11 Å². The smallest absolute Gasteiger partial charge is 0.0957 e. The average molecular weight is 250 g/mol. The number of hydrogen-bond acceptors (Lipinski definition) is 3. The van der Waals surface area contributed by atoms with Crippen LogP contribution in [-0.2, 0) is 0 Å². The van der Waals surface area contributed by atoms with Crippen LogP contribution in [0.25, 0.3) is 0 Å². The van der Waals surface area contributed by atoms with E-state index in [1.807, 2.05) is 19.2 Å². The van der Waals surface area contributed by atoms with Gasteiger partial charge < -0.3 is 10.0 Å². The van der Waals surface area contributed by atoms with Crippen molar-refractivity contribution in [3.63, 3.8) is 0 Å². The molecule has 1 heterocycles. The Morgan fingerprint density at radius 3 is 2.28 bits per heavy atom. The molecule has 1 N–H and O–H groups in total.